The predicted octanol–water partition coefficient (Wildman–Crippen LogP) is 5.15. The van der Waals surface area contributed by atoms with Crippen LogP contribution < -0.4 is 0 Å². The fourth-order valence-corrected chi connectivity index (χ4v) is 7.90. The molecule has 0 heterocycles. The zero-order chi connectivity index (χ0) is 20.2. The first-order valence-corrected chi connectivity index (χ1v) is 11.8. The molecule has 4 saturated carbocycles. The number of carbonyl (C=O) groups is 1. The molecule has 1 N–H and O–H groups in total. The fourth-order valence-electron chi connectivity index (χ4n) is 7.90. The van der Waals surface area contributed by atoms with E-state index in [2.05, 4.69) is 38.1 Å². The van der Waals surface area contributed by atoms with Crippen molar-refractivity contribution in [2.45, 2.75) is 84.0 Å². The van der Waals surface area contributed by atoms with Crippen LogP contribution in [-0.4, -0.2) is 23.1 Å². The monoisotopic (exact) mass is 396 g/mol. The number of ketones is 1. The Bertz CT molecular complexity index is 760. The highest BCUT2D eigenvalue weighted by Gasteiger charge is 2.62. The molecular formula is C26H36O3. The summed E-state index contributed by atoms with van der Waals surface area (Å²) in [6.45, 7) is 5.39. The van der Waals surface area contributed by atoms with E-state index in [1.807, 2.05) is 6.07 Å². The van der Waals surface area contributed by atoms with E-state index < -0.39 is 0 Å². The maximum absolute atomic E-state index is 12.8. The van der Waals surface area contributed by atoms with Crippen LogP contribution in [0.25, 0.3) is 0 Å². The average molecular weight is 397 g/mol. The van der Waals surface area contributed by atoms with Gasteiger partial charge in [-0.05, 0) is 79.6 Å². The van der Waals surface area contributed by atoms with E-state index in [4.69, 9.17) is 4.74 Å². The third-order valence-electron chi connectivity index (χ3n) is 9.65. The predicted molar refractivity (Wildman–Crippen MR) is 113 cm³/mol. The van der Waals surface area contributed by atoms with Crippen LogP contribution in [-0.2, 0) is 16.1 Å². The summed E-state index contributed by atoms with van der Waals surface area (Å²) in [5, 5.41) is 10.4. The van der Waals surface area contributed by atoms with Gasteiger partial charge in [0, 0.05) is 11.8 Å². The van der Waals surface area contributed by atoms with Crippen LogP contribution in [0.1, 0.15) is 70.8 Å². The Morgan fingerprint density at radius 3 is 2.62 bits per heavy atom. The molecule has 5 rings (SSSR count). The van der Waals surface area contributed by atoms with Crippen LogP contribution in [0.2, 0.25) is 0 Å². The Labute approximate surface area is 175 Å². The number of carbonyl (C=O) groups excluding carboxylic acids is 1. The molecule has 158 valence electrons. The van der Waals surface area contributed by atoms with Gasteiger partial charge in [-0.2, -0.15) is 0 Å². The molecule has 0 aromatic heterocycles. The second kappa shape index (κ2) is 7.20. The number of benzene rings is 1. The van der Waals surface area contributed by atoms with Crippen molar-refractivity contribution < 1.29 is 14.6 Å². The van der Waals surface area contributed by atoms with Gasteiger partial charge in [-0.25, -0.2) is 0 Å². The van der Waals surface area contributed by atoms with Gasteiger partial charge in [0.25, 0.3) is 0 Å². The fraction of sp³-hybridized carbons (Fsp3) is 0.731. The van der Waals surface area contributed by atoms with Crippen LogP contribution in [0.4, 0.5) is 0 Å². The lowest BCUT2D eigenvalue weighted by atomic mass is 9.44. The van der Waals surface area contributed by atoms with Crippen molar-refractivity contribution >= 4 is 5.78 Å². The van der Waals surface area contributed by atoms with Crippen molar-refractivity contribution in [3.8, 4) is 0 Å². The number of hydrogen-bond donors (Lipinski definition) is 1. The lowest BCUT2D eigenvalue weighted by Gasteiger charge is -2.62. The van der Waals surface area contributed by atoms with Gasteiger partial charge in [-0.3, -0.25) is 4.79 Å². The molecule has 3 nitrogen and oxygen atoms in total. The van der Waals surface area contributed by atoms with Gasteiger partial charge in [-0.1, -0.05) is 44.2 Å². The quantitative estimate of drug-likeness (QED) is 0.768. The highest BCUT2D eigenvalue weighted by Crippen LogP contribution is 2.65. The van der Waals surface area contributed by atoms with Gasteiger partial charge in [0.15, 0.2) is 0 Å². The van der Waals surface area contributed by atoms with Gasteiger partial charge in [-0.15, -0.1) is 0 Å². The second-order valence-corrected chi connectivity index (χ2v) is 10.9. The molecule has 0 bridgehead atoms. The van der Waals surface area contributed by atoms with Gasteiger partial charge in [0.05, 0.1) is 18.8 Å². The lowest BCUT2D eigenvalue weighted by Crippen LogP contribution is -2.59. The van der Waals surface area contributed by atoms with Crippen molar-refractivity contribution in [2.75, 3.05) is 0 Å². The van der Waals surface area contributed by atoms with Crippen molar-refractivity contribution in [3.63, 3.8) is 0 Å². The van der Waals surface area contributed by atoms with E-state index in [0.29, 0.717) is 41.5 Å². The molecule has 0 amide bonds. The SMILES string of the molecule is C[C@]12CC[C@@H](O)C[C@@H]1C[C@H](OCc1ccccc1)[C@@H]1[C@@H]2CC[C@]2(C)C(=O)CC[C@@H]12. The van der Waals surface area contributed by atoms with Crippen LogP contribution >= 0.6 is 0 Å². The number of ether oxygens (including phenoxy) is 1. The topological polar surface area (TPSA) is 46.5 Å². The van der Waals surface area contributed by atoms with Crippen molar-refractivity contribution in [3.05, 3.63) is 35.9 Å². The highest BCUT2D eigenvalue weighted by molar-refractivity contribution is 5.87. The zero-order valence-electron chi connectivity index (χ0n) is 18.0. The maximum atomic E-state index is 12.8. The molecular weight excluding hydrogens is 360 g/mol. The summed E-state index contributed by atoms with van der Waals surface area (Å²) >= 11 is 0. The molecule has 0 saturated heterocycles. The smallest absolute Gasteiger partial charge is 0.139 e. The van der Waals surface area contributed by atoms with E-state index >= 15 is 0 Å². The van der Waals surface area contributed by atoms with Crippen LogP contribution in [0.5, 0.6) is 0 Å². The maximum Gasteiger partial charge on any atom is 0.139 e. The highest BCUT2D eigenvalue weighted by atomic mass is 16.5. The van der Waals surface area contributed by atoms with E-state index in [9.17, 15) is 9.90 Å². The molecule has 8 atom stereocenters. The van der Waals surface area contributed by atoms with E-state index in [1.165, 1.54) is 5.56 Å². The third kappa shape index (κ3) is 3.11. The summed E-state index contributed by atoms with van der Waals surface area (Å²) in [4.78, 5) is 12.8. The first-order valence-electron chi connectivity index (χ1n) is 11.8. The van der Waals surface area contributed by atoms with Crippen molar-refractivity contribution in [1.82, 2.24) is 0 Å². The number of aliphatic hydroxyl groups is 1. The summed E-state index contributed by atoms with van der Waals surface area (Å²) in [6, 6.07) is 10.5. The largest absolute Gasteiger partial charge is 0.393 e. The first kappa shape index (κ1) is 19.8. The summed E-state index contributed by atoms with van der Waals surface area (Å²) in [7, 11) is 0. The lowest BCUT2D eigenvalue weighted by molar-refractivity contribution is -0.187. The number of Topliss-reactive ketones (excluding diaryl/α,β-unsaturated/α-hetero) is 1. The molecule has 0 unspecified atom stereocenters. The number of hydrogen-bond acceptors (Lipinski definition) is 3. The van der Waals surface area contributed by atoms with Gasteiger partial charge in [0.1, 0.15) is 5.78 Å². The molecule has 1 aromatic carbocycles. The van der Waals surface area contributed by atoms with E-state index in [0.717, 1.165) is 51.4 Å². The average Bonchev–Trinajstić information content (AvgIpc) is 3.02. The molecule has 0 radical (unpaired) electrons. The van der Waals surface area contributed by atoms with Crippen molar-refractivity contribution in [1.29, 1.82) is 0 Å². The third-order valence-corrected chi connectivity index (χ3v) is 9.65. The summed E-state index contributed by atoms with van der Waals surface area (Å²) in [6.07, 6.45) is 8.09. The summed E-state index contributed by atoms with van der Waals surface area (Å²) in [5.74, 6) is 2.61. The number of fused-ring (bicyclic) bond motifs is 5. The van der Waals surface area contributed by atoms with Gasteiger partial charge in [0.2, 0.25) is 0 Å². The molecule has 3 heteroatoms. The molecule has 4 aliphatic carbocycles. The first-order chi connectivity index (χ1) is 13.9. The normalized spacial score (nSPS) is 46.7. The van der Waals surface area contributed by atoms with Crippen LogP contribution in [0.15, 0.2) is 30.3 Å². The minimum atomic E-state index is -0.152. The standard InChI is InChI=1S/C26H36O3/c1-25-12-10-19(27)14-18(25)15-22(29-16-17-6-4-3-5-7-17)24-20-8-9-23(28)26(20,2)13-11-21(24)25/h3-7,18-22,24,27H,8-16H2,1-2H3/t18-,19-,20+,21+,22+,24+,25+,26+/m1/s1. The summed E-state index contributed by atoms with van der Waals surface area (Å²) in [5.41, 5.74) is 1.39. The van der Waals surface area contributed by atoms with Crippen LogP contribution in [0, 0.1) is 34.5 Å². The van der Waals surface area contributed by atoms with Crippen molar-refractivity contribution in [2.24, 2.45) is 34.5 Å². The zero-order valence-corrected chi connectivity index (χ0v) is 18.0. The minimum Gasteiger partial charge on any atom is -0.393 e. The van der Waals surface area contributed by atoms with Gasteiger partial charge >= 0.3 is 0 Å². The molecule has 1 aromatic rings. The Balaban J connectivity index is 1.46. The molecule has 0 aliphatic heterocycles. The van der Waals surface area contributed by atoms with Gasteiger partial charge < -0.3 is 9.84 Å². The van der Waals surface area contributed by atoms with Crippen LogP contribution in [0.3, 0.4) is 0 Å². The molecule has 4 aliphatic rings. The van der Waals surface area contributed by atoms with E-state index in [-0.39, 0.29) is 17.6 Å². The molecule has 4 fully saturated rings. The minimum absolute atomic E-state index is 0.132. The Morgan fingerprint density at radius 2 is 1.83 bits per heavy atom. The molecule has 0 spiro atoms. The second-order valence-electron chi connectivity index (χ2n) is 10.9. The Kier molecular flexibility index (Phi) is 4.90. The summed E-state index contributed by atoms with van der Waals surface area (Å²) < 4.78 is 6.66. The number of rotatable bonds is 3. The van der Waals surface area contributed by atoms with E-state index in [1.54, 1.807) is 0 Å². The Morgan fingerprint density at radius 1 is 1.03 bits per heavy atom. The Hall–Kier alpha value is -1.19. The molecule has 29 heavy (non-hydrogen) atoms. The number of aliphatic hydroxyl groups excluding tert-OH is 1.